The van der Waals surface area contributed by atoms with Gasteiger partial charge < -0.3 is 0 Å². The van der Waals surface area contributed by atoms with Gasteiger partial charge in [0.25, 0.3) is 0 Å². The lowest BCUT2D eigenvalue weighted by Crippen LogP contribution is -2.74. The summed E-state index contributed by atoms with van der Waals surface area (Å²) in [7, 11) is 0. The van der Waals surface area contributed by atoms with Gasteiger partial charge in [-0.1, -0.05) is 265 Å². The second-order valence-corrected chi connectivity index (χ2v) is 40.0. The first-order valence-corrected chi connectivity index (χ1v) is 43.7. The number of alkyl halides is 6. The Labute approximate surface area is 601 Å². The molecular formula is C84H138Cl6O3. The van der Waals surface area contributed by atoms with Crippen molar-refractivity contribution in [3.63, 3.8) is 0 Å². The predicted molar refractivity (Wildman–Crippen MR) is 398 cm³/mol. The number of halogens is 6. The van der Waals surface area contributed by atoms with Crippen LogP contribution in [-0.2, 0) is 14.4 Å². The van der Waals surface area contributed by atoms with Gasteiger partial charge in [-0.05, 0) is 264 Å². The normalized spacial score (nSPS) is 42.6. The molecule has 0 amide bonds. The molecule has 0 aromatic heterocycles. The second-order valence-electron chi connectivity index (χ2n) is 36.1. The third-order valence-corrected chi connectivity index (χ3v) is 35.4. The van der Waals surface area contributed by atoms with E-state index in [1.807, 2.05) is 0 Å². The van der Waals surface area contributed by atoms with Crippen LogP contribution in [0.2, 0.25) is 0 Å². The first-order chi connectivity index (χ1) is 44.6. The predicted octanol–water partition coefficient (Wildman–Crippen LogP) is 27.8. The van der Waals surface area contributed by atoms with Crippen molar-refractivity contribution in [1.82, 2.24) is 0 Å². The van der Waals surface area contributed by atoms with Crippen molar-refractivity contribution in [3.05, 3.63) is 0 Å². The number of ketones is 3. The van der Waals surface area contributed by atoms with E-state index in [4.69, 9.17) is 69.6 Å². The summed E-state index contributed by atoms with van der Waals surface area (Å²) in [6.07, 6.45) is 66.8. The fourth-order valence-corrected chi connectivity index (χ4v) is 27.8. The maximum absolute atomic E-state index is 13.9. The molecule has 0 aromatic rings. The summed E-state index contributed by atoms with van der Waals surface area (Å²) >= 11 is 42.9. The van der Waals surface area contributed by atoms with Crippen LogP contribution >= 0.6 is 69.6 Å². The Hall–Kier alpha value is 0.750. The minimum atomic E-state index is -0.830. The zero-order valence-electron chi connectivity index (χ0n) is 60.6. The van der Waals surface area contributed by atoms with Crippen LogP contribution < -0.4 is 0 Å². The monoisotopic (exact) mass is 1400 g/mol. The van der Waals surface area contributed by atoms with E-state index in [-0.39, 0.29) is 0 Å². The molecule has 12 saturated carbocycles. The van der Waals surface area contributed by atoms with Gasteiger partial charge in [0.1, 0.15) is 13.0 Å². The van der Waals surface area contributed by atoms with Gasteiger partial charge in [-0.15, -0.1) is 0 Å². The highest BCUT2D eigenvalue weighted by atomic mass is 35.5. The van der Waals surface area contributed by atoms with Crippen LogP contribution in [0.3, 0.4) is 0 Å². The van der Waals surface area contributed by atoms with Crippen LogP contribution in [0.15, 0.2) is 0 Å². The summed E-state index contributed by atoms with van der Waals surface area (Å²) in [5.74, 6) is 11.5. The molecule has 0 heterocycles. The maximum atomic E-state index is 13.9. The van der Waals surface area contributed by atoms with Crippen molar-refractivity contribution in [2.45, 2.75) is 401 Å². The maximum Gasteiger partial charge on any atom is 0.151 e. The molecule has 0 aromatic carbocycles. The van der Waals surface area contributed by atoms with Crippen LogP contribution in [0.1, 0.15) is 388 Å². The van der Waals surface area contributed by atoms with Crippen molar-refractivity contribution in [2.75, 3.05) is 0 Å². The highest BCUT2D eigenvalue weighted by Gasteiger charge is 2.81. The van der Waals surface area contributed by atoms with E-state index < -0.39 is 45.5 Å². The number of Topliss-reactive ketones (excluding diaryl/α,β-unsaturated/α-hetero) is 3. The Morgan fingerprint density at radius 2 is 0.462 bits per heavy atom. The van der Waals surface area contributed by atoms with Crippen LogP contribution in [0.25, 0.3) is 0 Å². The molecule has 0 radical (unpaired) electrons. The van der Waals surface area contributed by atoms with Crippen LogP contribution in [-0.4, -0.2) is 30.3 Å². The zero-order valence-corrected chi connectivity index (χ0v) is 65.1. The van der Waals surface area contributed by atoms with Crippen molar-refractivity contribution < 1.29 is 14.4 Å². The molecule has 9 heteroatoms. The summed E-state index contributed by atoms with van der Waals surface area (Å²) in [6, 6.07) is 0. The van der Waals surface area contributed by atoms with Gasteiger partial charge in [-0.25, -0.2) is 0 Å². The third-order valence-electron chi connectivity index (χ3n) is 31.1. The molecule has 0 aliphatic heterocycles. The number of unbranched alkanes of at least 4 members (excludes halogenated alkanes) is 10. The van der Waals surface area contributed by atoms with E-state index in [0.29, 0.717) is 23.3 Å². The summed E-state index contributed by atoms with van der Waals surface area (Å²) in [5.41, 5.74) is -2.57. The smallest absolute Gasteiger partial charge is 0.151 e. The van der Waals surface area contributed by atoms with Crippen molar-refractivity contribution in [2.24, 2.45) is 104 Å². The molecule has 534 valence electrons. The summed E-state index contributed by atoms with van der Waals surface area (Å²) < 4.78 is -2.47. The largest absolute Gasteiger partial charge is 0.298 e. The lowest BCUT2D eigenvalue weighted by Gasteiger charge is -2.67. The quantitative estimate of drug-likeness (QED) is 0.0850. The Morgan fingerprint density at radius 3 is 0.753 bits per heavy atom. The molecule has 12 fully saturated rings. The minimum Gasteiger partial charge on any atom is -0.298 e. The molecule has 0 N–H and O–H groups in total. The molecule has 0 unspecified atom stereocenters. The SMILES string of the molecule is CCCC1CCC2(CC1)C(=O)C1(CCC(C3CCC(C)CC3)CC1)C2(Cl)Cl.CCCCCC1CCC(C2CCC3(CC2)C(=O)C2(CCC(C)CC2)C3(Cl)Cl)CC1.CCCCCCCC1CCC(C2CCC3(CC2)C(=O)C2(CCC(CCCCCCC)CC2)C3(Cl)Cl)CC1. The molecule has 0 bridgehead atoms. The molecule has 12 rings (SSSR count). The first kappa shape index (κ1) is 76.4. The zero-order chi connectivity index (χ0) is 66.3. The molecule has 12 aliphatic carbocycles. The molecule has 0 atom stereocenters. The summed E-state index contributed by atoms with van der Waals surface area (Å²) in [5, 5.41) is 0. The lowest BCUT2D eigenvalue weighted by molar-refractivity contribution is -0.173. The molecular weight excluding hydrogens is 1270 g/mol. The van der Waals surface area contributed by atoms with Crippen LogP contribution in [0, 0.1) is 104 Å². The van der Waals surface area contributed by atoms with Crippen molar-refractivity contribution in [1.29, 1.82) is 0 Å². The van der Waals surface area contributed by atoms with Gasteiger partial charge in [-0.2, -0.15) is 0 Å². The number of carbonyl (C=O) groups is 3. The highest BCUT2D eigenvalue weighted by Crippen LogP contribution is 2.78. The van der Waals surface area contributed by atoms with Gasteiger partial charge in [0.2, 0.25) is 0 Å². The number of hydrogen-bond acceptors (Lipinski definition) is 3. The average molecular weight is 1410 g/mol. The van der Waals surface area contributed by atoms with Crippen LogP contribution in [0.5, 0.6) is 0 Å². The molecule has 0 saturated heterocycles. The number of hydrogen-bond donors (Lipinski definition) is 0. The van der Waals surface area contributed by atoms with E-state index in [1.165, 1.54) is 231 Å². The fraction of sp³-hybridized carbons (Fsp3) is 0.964. The highest BCUT2D eigenvalue weighted by molar-refractivity contribution is 6.56. The van der Waals surface area contributed by atoms with Gasteiger partial charge in [-0.3, -0.25) is 14.4 Å². The lowest BCUT2D eigenvalue weighted by atomic mass is 9.42. The first-order valence-electron chi connectivity index (χ1n) is 41.4. The van der Waals surface area contributed by atoms with E-state index >= 15 is 0 Å². The van der Waals surface area contributed by atoms with Crippen molar-refractivity contribution >= 4 is 87.0 Å². The molecule has 6 spiro atoms. The Morgan fingerprint density at radius 1 is 0.247 bits per heavy atom. The van der Waals surface area contributed by atoms with Gasteiger partial charge >= 0.3 is 0 Å². The van der Waals surface area contributed by atoms with E-state index in [0.717, 1.165) is 181 Å². The average Bonchev–Trinajstić information content (AvgIpc) is 0.683. The van der Waals surface area contributed by atoms with Gasteiger partial charge in [0, 0.05) is 0 Å². The Kier molecular flexibility index (Phi) is 27.1. The van der Waals surface area contributed by atoms with E-state index in [2.05, 4.69) is 41.5 Å². The standard InChI is InChI=1S/C34H58Cl2O.C26H42Cl2O.C24H38Cl2O/c1-3-5-7-9-11-13-27-15-17-29(18-16-27)30-21-25-33(26-22-30)31(37)32(34(33,35)36)23-19-28(20-24-32)14-12-10-8-6-4-2;1-3-4-5-6-20-7-9-21(10-8-20)22-13-17-25(18-14-22)23(29)24(26(25,27)28)15-11-19(2)12-16-24;1-3-4-18-9-13-22(14-10-18)21(27)23(24(22,25)26)15-11-20(12-16-23)19-7-5-17(2)6-8-19/h27-30H,3-26H2,1-2H3;19-22H,3-18H2,1-2H3;17-20H,3-16H2,1-2H3. The second kappa shape index (κ2) is 33.0. The Bertz CT molecular complexity index is 2320. The van der Waals surface area contributed by atoms with E-state index in [9.17, 15) is 14.4 Å². The Balaban J connectivity index is 0.000000155. The third kappa shape index (κ3) is 14.9. The molecule has 3 nitrogen and oxygen atoms in total. The fourth-order valence-electron chi connectivity index (χ4n) is 24.5. The molecule has 93 heavy (non-hydrogen) atoms. The van der Waals surface area contributed by atoms with Gasteiger partial charge in [0.15, 0.2) is 17.3 Å². The summed E-state index contributed by atoms with van der Waals surface area (Å²) in [4.78, 5) is 41.0. The van der Waals surface area contributed by atoms with Crippen molar-refractivity contribution in [3.8, 4) is 0 Å². The van der Waals surface area contributed by atoms with Gasteiger partial charge in [0.05, 0.1) is 32.5 Å². The minimum absolute atomic E-state index is 0.423. The molecule has 12 aliphatic rings. The topological polar surface area (TPSA) is 51.2 Å². The van der Waals surface area contributed by atoms with E-state index in [1.54, 1.807) is 0 Å². The number of rotatable bonds is 21. The summed E-state index contributed by atoms with van der Waals surface area (Å²) in [6.45, 7) is 13.8. The number of carbonyl (C=O) groups excluding carboxylic acids is 3. The van der Waals surface area contributed by atoms with Crippen LogP contribution in [0.4, 0.5) is 0 Å².